The second-order valence-corrected chi connectivity index (χ2v) is 8.24. The van der Waals surface area contributed by atoms with Gasteiger partial charge in [-0.25, -0.2) is 15.1 Å². The molecule has 1 unspecified atom stereocenters. The van der Waals surface area contributed by atoms with Gasteiger partial charge in [0, 0.05) is 44.5 Å². The number of aromatic nitrogens is 4. The highest BCUT2D eigenvalue weighted by Gasteiger charge is 2.39. The number of piperidine rings is 1. The van der Waals surface area contributed by atoms with E-state index in [1.165, 1.54) is 0 Å². The van der Waals surface area contributed by atoms with Crippen molar-refractivity contribution >= 4 is 11.9 Å². The minimum atomic E-state index is -4.88. The Hall–Kier alpha value is -3.22. The van der Waals surface area contributed by atoms with Crippen LogP contribution in [0.4, 0.5) is 19.1 Å². The quantitative estimate of drug-likeness (QED) is 0.592. The lowest BCUT2D eigenvalue weighted by Crippen LogP contribution is -2.47. The number of aromatic amines is 1. The minimum absolute atomic E-state index is 0.0931. The molecule has 1 atom stereocenters. The Morgan fingerprint density at radius 1 is 1.06 bits per heavy atom. The number of halogens is 3. The lowest BCUT2D eigenvalue weighted by atomic mass is 10.0. The van der Waals surface area contributed by atoms with Crippen LogP contribution in [0, 0.1) is 6.92 Å². The second kappa shape index (κ2) is 9.95. The van der Waals surface area contributed by atoms with Crippen LogP contribution in [0.15, 0.2) is 23.4 Å². The van der Waals surface area contributed by atoms with Crippen molar-refractivity contribution in [2.24, 2.45) is 0 Å². The second-order valence-electron chi connectivity index (χ2n) is 8.24. The van der Waals surface area contributed by atoms with Gasteiger partial charge in [-0.1, -0.05) is 0 Å². The summed E-state index contributed by atoms with van der Waals surface area (Å²) in [6.45, 7) is 3.61. The van der Waals surface area contributed by atoms with Crippen molar-refractivity contribution < 1.29 is 27.4 Å². The third-order valence-electron chi connectivity index (χ3n) is 5.91. The van der Waals surface area contributed by atoms with Gasteiger partial charge in [0.25, 0.3) is 11.5 Å². The molecule has 0 aromatic carbocycles. The molecule has 2 aromatic rings. The number of alkyl halides is 3. The van der Waals surface area contributed by atoms with Gasteiger partial charge in [-0.15, -0.1) is 0 Å². The molecule has 13 heteroatoms. The molecule has 0 bridgehead atoms. The van der Waals surface area contributed by atoms with Gasteiger partial charge >= 0.3 is 6.18 Å². The van der Waals surface area contributed by atoms with E-state index in [9.17, 15) is 22.8 Å². The Balaban J connectivity index is 1.24. The van der Waals surface area contributed by atoms with Crippen molar-refractivity contribution in [1.29, 1.82) is 0 Å². The molecule has 4 heterocycles. The zero-order valence-electron chi connectivity index (χ0n) is 18.5. The topological polar surface area (TPSA) is 114 Å². The zero-order chi connectivity index (χ0) is 24.3. The highest BCUT2D eigenvalue weighted by Crippen LogP contribution is 2.32. The monoisotopic (exact) mass is 482 g/mol. The average Bonchev–Trinajstić information content (AvgIpc) is 3.17. The fraction of sp³-hybridized carbons (Fsp3) is 0.571. The molecule has 0 radical (unpaired) electrons. The molecule has 10 nitrogen and oxygen atoms in total. The Bertz CT molecular complexity index is 1050. The summed E-state index contributed by atoms with van der Waals surface area (Å²) in [5.41, 5.74) is -1.84. The maximum absolute atomic E-state index is 13.1. The Labute approximate surface area is 193 Å². The van der Waals surface area contributed by atoms with Gasteiger partial charge in [-0.3, -0.25) is 9.59 Å². The Morgan fingerprint density at radius 3 is 2.44 bits per heavy atom. The molecule has 4 rings (SSSR count). The first-order valence-electron chi connectivity index (χ1n) is 11.0. The highest BCUT2D eigenvalue weighted by atomic mass is 19.4. The SMILES string of the molecule is Cc1cnc(N2CCC(N3CCC(OCCOc4cn[nH]c(=O)c4C(F)(F)F)C3=O)CC2)nc1. The first kappa shape index (κ1) is 23.9. The highest BCUT2D eigenvalue weighted by molar-refractivity contribution is 5.83. The number of hydrogen-bond acceptors (Lipinski definition) is 8. The molecule has 1 amide bonds. The van der Waals surface area contributed by atoms with Crippen LogP contribution in [0.25, 0.3) is 0 Å². The summed E-state index contributed by atoms with van der Waals surface area (Å²) in [5.74, 6) is -0.121. The predicted molar refractivity (Wildman–Crippen MR) is 113 cm³/mol. The maximum Gasteiger partial charge on any atom is 0.425 e. The van der Waals surface area contributed by atoms with Gasteiger partial charge in [0.1, 0.15) is 12.7 Å². The van der Waals surface area contributed by atoms with E-state index in [1.54, 1.807) is 17.5 Å². The van der Waals surface area contributed by atoms with Gasteiger partial charge in [0.2, 0.25) is 5.95 Å². The summed E-state index contributed by atoms with van der Waals surface area (Å²) in [7, 11) is 0. The van der Waals surface area contributed by atoms with E-state index in [4.69, 9.17) is 9.47 Å². The van der Waals surface area contributed by atoms with Crippen LogP contribution >= 0.6 is 0 Å². The summed E-state index contributed by atoms with van der Waals surface area (Å²) < 4.78 is 49.8. The molecule has 2 aliphatic rings. The van der Waals surface area contributed by atoms with E-state index in [2.05, 4.69) is 20.0 Å². The van der Waals surface area contributed by atoms with Crippen molar-refractivity contribution in [3.63, 3.8) is 0 Å². The van der Waals surface area contributed by atoms with Crippen LogP contribution in [0.1, 0.15) is 30.4 Å². The van der Waals surface area contributed by atoms with Crippen molar-refractivity contribution in [1.82, 2.24) is 25.1 Å². The van der Waals surface area contributed by atoms with E-state index in [1.807, 2.05) is 11.8 Å². The Kier molecular flexibility index (Phi) is 7.00. The number of H-pyrrole nitrogens is 1. The minimum Gasteiger partial charge on any atom is -0.489 e. The van der Waals surface area contributed by atoms with E-state index < -0.39 is 29.2 Å². The maximum atomic E-state index is 13.1. The number of likely N-dealkylation sites (tertiary alicyclic amines) is 1. The molecule has 1 N–H and O–H groups in total. The van der Waals surface area contributed by atoms with E-state index >= 15 is 0 Å². The summed E-state index contributed by atoms with van der Waals surface area (Å²) in [5, 5.41) is 5.08. The molecule has 0 spiro atoms. The number of hydrogen-bond donors (Lipinski definition) is 1. The predicted octanol–water partition coefficient (Wildman–Crippen LogP) is 1.55. The van der Waals surface area contributed by atoms with Crippen molar-refractivity contribution in [3.8, 4) is 5.75 Å². The van der Waals surface area contributed by atoms with Crippen LogP contribution in [0.5, 0.6) is 5.75 Å². The molecular weight excluding hydrogens is 457 g/mol. The van der Waals surface area contributed by atoms with Gasteiger partial charge in [0.15, 0.2) is 11.3 Å². The molecule has 0 saturated carbocycles. The van der Waals surface area contributed by atoms with Gasteiger partial charge in [-0.2, -0.15) is 18.3 Å². The first-order chi connectivity index (χ1) is 16.2. The number of ether oxygens (including phenoxy) is 2. The van der Waals surface area contributed by atoms with Crippen molar-refractivity contribution in [3.05, 3.63) is 40.1 Å². The molecule has 184 valence electrons. The third-order valence-corrected chi connectivity index (χ3v) is 5.91. The molecule has 2 fully saturated rings. The molecule has 34 heavy (non-hydrogen) atoms. The number of aryl methyl sites for hydroxylation is 1. The van der Waals surface area contributed by atoms with E-state index in [-0.39, 0.29) is 25.2 Å². The molecule has 2 aliphatic heterocycles. The van der Waals surface area contributed by atoms with Crippen LogP contribution in [-0.2, 0) is 15.7 Å². The van der Waals surface area contributed by atoms with Crippen LogP contribution < -0.4 is 15.2 Å². The summed E-state index contributed by atoms with van der Waals surface area (Å²) in [6, 6.07) is 0.0931. The largest absolute Gasteiger partial charge is 0.489 e. The standard InChI is InChI=1S/C21H25F3N6O4/c1-13-10-25-20(26-11-13)29-5-2-14(3-6-29)30-7-4-15(19(30)32)33-8-9-34-16-12-27-28-18(31)17(16)21(22,23)24/h10-12,14-15H,2-9H2,1H3,(H,28,31). The van der Waals surface area contributed by atoms with Gasteiger partial charge < -0.3 is 19.3 Å². The number of amides is 1. The average molecular weight is 482 g/mol. The zero-order valence-corrected chi connectivity index (χ0v) is 18.5. The van der Waals surface area contributed by atoms with Crippen LogP contribution in [0.2, 0.25) is 0 Å². The van der Waals surface area contributed by atoms with E-state index in [0.717, 1.165) is 37.7 Å². The van der Waals surface area contributed by atoms with Gasteiger partial charge in [0.05, 0.1) is 12.8 Å². The first-order valence-corrected chi connectivity index (χ1v) is 11.0. The normalized spacial score (nSPS) is 19.6. The number of nitrogens with zero attached hydrogens (tertiary/aromatic N) is 5. The lowest BCUT2D eigenvalue weighted by Gasteiger charge is -2.36. The van der Waals surface area contributed by atoms with Crippen molar-refractivity contribution in [2.75, 3.05) is 37.7 Å². The van der Waals surface area contributed by atoms with E-state index in [0.29, 0.717) is 18.9 Å². The number of anilines is 1. The van der Waals surface area contributed by atoms with Crippen molar-refractivity contribution in [2.45, 2.75) is 44.5 Å². The number of carbonyl (C=O) groups excluding carboxylic acids is 1. The summed E-state index contributed by atoms with van der Waals surface area (Å²) in [6.07, 6.45) is 0.877. The molecular formula is C21H25F3N6O4. The van der Waals surface area contributed by atoms with Crippen LogP contribution in [-0.4, -0.2) is 76.0 Å². The smallest absolute Gasteiger partial charge is 0.425 e. The third kappa shape index (κ3) is 5.29. The lowest BCUT2D eigenvalue weighted by molar-refractivity contribution is -0.140. The summed E-state index contributed by atoms with van der Waals surface area (Å²) >= 11 is 0. The number of rotatable bonds is 7. The molecule has 2 aromatic heterocycles. The fourth-order valence-electron chi connectivity index (χ4n) is 4.22. The van der Waals surface area contributed by atoms with Crippen LogP contribution in [0.3, 0.4) is 0 Å². The molecule has 2 saturated heterocycles. The Morgan fingerprint density at radius 2 is 1.76 bits per heavy atom. The molecule has 0 aliphatic carbocycles. The fourth-order valence-corrected chi connectivity index (χ4v) is 4.22. The number of carbonyl (C=O) groups is 1. The number of nitrogens with one attached hydrogen (secondary N) is 1. The van der Waals surface area contributed by atoms with Gasteiger partial charge in [-0.05, 0) is 25.3 Å². The summed E-state index contributed by atoms with van der Waals surface area (Å²) in [4.78, 5) is 36.9.